The van der Waals surface area contributed by atoms with E-state index in [1.165, 1.54) is 0 Å². The first-order valence-corrected chi connectivity index (χ1v) is 4.60. The van der Waals surface area contributed by atoms with Crippen molar-refractivity contribution in [2.75, 3.05) is 34.3 Å². The van der Waals surface area contributed by atoms with Crippen molar-refractivity contribution in [2.45, 2.75) is 19.3 Å². The van der Waals surface area contributed by atoms with Crippen molar-refractivity contribution in [3.05, 3.63) is 0 Å². The third kappa shape index (κ3) is 14.1. The van der Waals surface area contributed by atoms with E-state index >= 15 is 0 Å². The Morgan fingerprint density at radius 1 is 1.21 bits per heavy atom. The van der Waals surface area contributed by atoms with Gasteiger partial charge in [0.05, 0.1) is 27.7 Å². The standard InChI is InChI=1S/C9H20N2O2.ClH/c1-11(2,3)7-5-4-6-8-13-9(10)12;/h4-8H2,1-3H3,(H-,10,12);1H. The number of nitrogens with zero attached hydrogens (tertiary/aromatic N) is 1. The Balaban J connectivity index is 0. The fraction of sp³-hybridized carbons (Fsp3) is 0.889. The lowest BCUT2D eigenvalue weighted by Gasteiger charge is -2.23. The van der Waals surface area contributed by atoms with Gasteiger partial charge in [0.15, 0.2) is 0 Å². The summed E-state index contributed by atoms with van der Waals surface area (Å²) in [7, 11) is 6.47. The number of unbranched alkanes of at least 4 members (excludes halogenated alkanes) is 2. The van der Waals surface area contributed by atoms with Crippen LogP contribution >= 0.6 is 12.4 Å². The Hall–Kier alpha value is -0.480. The molecule has 0 saturated heterocycles. The van der Waals surface area contributed by atoms with E-state index in [2.05, 4.69) is 25.9 Å². The Morgan fingerprint density at radius 2 is 1.79 bits per heavy atom. The summed E-state index contributed by atoms with van der Waals surface area (Å²) in [6, 6.07) is 0. The molecule has 0 spiro atoms. The summed E-state index contributed by atoms with van der Waals surface area (Å²) >= 11 is 0. The number of nitrogens with one attached hydrogen (secondary N) is 1. The summed E-state index contributed by atoms with van der Waals surface area (Å²) in [6.07, 6.45) is 2.14. The van der Waals surface area contributed by atoms with Crippen molar-refractivity contribution in [1.29, 1.82) is 5.41 Å². The van der Waals surface area contributed by atoms with Gasteiger partial charge in [-0.05, 0) is 25.9 Å². The highest BCUT2D eigenvalue weighted by molar-refractivity contribution is 5.85. The maximum absolute atomic E-state index is 10.1. The molecule has 0 atom stereocenters. The number of quaternary nitrogens is 1. The molecule has 5 heteroatoms. The van der Waals surface area contributed by atoms with Gasteiger partial charge in [-0.15, -0.1) is 12.4 Å². The van der Waals surface area contributed by atoms with Gasteiger partial charge in [-0.2, -0.15) is 0 Å². The molecule has 1 N–H and O–H groups in total. The van der Waals surface area contributed by atoms with E-state index < -0.39 is 6.08 Å². The van der Waals surface area contributed by atoms with Crippen molar-refractivity contribution < 1.29 is 14.3 Å². The molecule has 0 rings (SSSR count). The molecule has 86 valence electrons. The lowest BCUT2D eigenvalue weighted by atomic mass is 10.2. The lowest BCUT2D eigenvalue weighted by Crippen LogP contribution is -2.35. The van der Waals surface area contributed by atoms with Crippen LogP contribution in [0.1, 0.15) is 19.3 Å². The molecule has 0 aliphatic heterocycles. The molecule has 14 heavy (non-hydrogen) atoms. The molecule has 0 radical (unpaired) electrons. The highest BCUT2D eigenvalue weighted by Gasteiger charge is 2.04. The van der Waals surface area contributed by atoms with Gasteiger partial charge in [0.2, 0.25) is 0 Å². The summed E-state index contributed by atoms with van der Waals surface area (Å²) < 4.78 is 5.47. The fourth-order valence-electron chi connectivity index (χ4n) is 1.03. The van der Waals surface area contributed by atoms with Gasteiger partial charge in [0.1, 0.15) is 6.08 Å². The molecular formula is C9H21ClN2O2. The summed E-state index contributed by atoms with van der Waals surface area (Å²) in [5, 5.41) is 16.6. The minimum absolute atomic E-state index is 0. The molecule has 0 bridgehead atoms. The second-order valence-corrected chi connectivity index (χ2v) is 4.21. The van der Waals surface area contributed by atoms with E-state index in [1.807, 2.05) is 0 Å². The molecule has 0 aliphatic carbocycles. The first-order chi connectivity index (χ1) is 5.92. The molecule has 0 aromatic carbocycles. The molecular weight excluding hydrogens is 204 g/mol. The molecule has 0 heterocycles. The Morgan fingerprint density at radius 3 is 2.21 bits per heavy atom. The van der Waals surface area contributed by atoms with Gasteiger partial charge < -0.3 is 14.3 Å². The predicted octanol–water partition coefficient (Wildman–Crippen LogP) is 0.596. The van der Waals surface area contributed by atoms with Crippen LogP contribution in [0.2, 0.25) is 0 Å². The van der Waals surface area contributed by atoms with E-state index in [-0.39, 0.29) is 12.4 Å². The van der Waals surface area contributed by atoms with Gasteiger partial charge in [-0.25, -0.2) is 0 Å². The lowest BCUT2D eigenvalue weighted by molar-refractivity contribution is -0.870. The van der Waals surface area contributed by atoms with Gasteiger partial charge in [-0.3, -0.25) is 5.41 Å². The second-order valence-electron chi connectivity index (χ2n) is 4.21. The van der Waals surface area contributed by atoms with Crippen LogP contribution in [0.5, 0.6) is 0 Å². The monoisotopic (exact) mass is 224 g/mol. The smallest absolute Gasteiger partial charge is 0.142 e. The summed E-state index contributed by atoms with van der Waals surface area (Å²) in [5.74, 6) is 0. The number of hydrogen-bond donors (Lipinski definition) is 1. The van der Waals surface area contributed by atoms with Crippen LogP contribution in [0.15, 0.2) is 0 Å². The first-order valence-electron chi connectivity index (χ1n) is 4.60. The molecule has 0 unspecified atom stereocenters. The number of rotatable bonds is 6. The van der Waals surface area contributed by atoms with Crippen LogP contribution in [0.25, 0.3) is 0 Å². The van der Waals surface area contributed by atoms with E-state index in [0.29, 0.717) is 6.61 Å². The number of hydrogen-bond acceptors (Lipinski definition) is 3. The maximum atomic E-state index is 10.1. The van der Waals surface area contributed by atoms with Crippen molar-refractivity contribution >= 4 is 18.5 Å². The van der Waals surface area contributed by atoms with Crippen molar-refractivity contribution in [2.24, 2.45) is 0 Å². The van der Waals surface area contributed by atoms with Gasteiger partial charge in [-0.1, -0.05) is 0 Å². The van der Waals surface area contributed by atoms with Gasteiger partial charge >= 0.3 is 0 Å². The van der Waals surface area contributed by atoms with Crippen LogP contribution in [0.3, 0.4) is 0 Å². The molecule has 0 aliphatic rings. The Labute approximate surface area is 92.4 Å². The van der Waals surface area contributed by atoms with Crippen molar-refractivity contribution in [3.63, 3.8) is 0 Å². The van der Waals surface area contributed by atoms with E-state index in [4.69, 9.17) is 5.41 Å². The Kier molecular flexibility index (Phi) is 8.99. The highest BCUT2D eigenvalue weighted by atomic mass is 35.5. The summed E-state index contributed by atoms with van der Waals surface area (Å²) in [5.41, 5.74) is 0. The summed E-state index contributed by atoms with van der Waals surface area (Å²) in [4.78, 5) is 0. The van der Waals surface area contributed by atoms with Gasteiger partial charge in [0.25, 0.3) is 0 Å². The zero-order chi connectivity index (χ0) is 10.3. The van der Waals surface area contributed by atoms with E-state index in [9.17, 15) is 5.11 Å². The topological polar surface area (TPSA) is 56.1 Å². The minimum atomic E-state index is -0.924. The van der Waals surface area contributed by atoms with Crippen molar-refractivity contribution in [1.82, 2.24) is 0 Å². The number of halogens is 1. The second kappa shape index (κ2) is 7.88. The van der Waals surface area contributed by atoms with Gasteiger partial charge in [0, 0.05) is 0 Å². The third-order valence-electron chi connectivity index (χ3n) is 1.71. The highest BCUT2D eigenvalue weighted by Crippen LogP contribution is 2.00. The first kappa shape index (κ1) is 16.0. The Bertz CT molecular complexity index is 157. The maximum Gasteiger partial charge on any atom is 0.142 e. The molecule has 0 saturated carbocycles. The largest absolute Gasteiger partial charge is 0.601 e. The van der Waals surface area contributed by atoms with Crippen LogP contribution in [0, 0.1) is 5.41 Å². The molecule has 0 amide bonds. The predicted molar refractivity (Wildman–Crippen MR) is 57.7 cm³/mol. The average molecular weight is 225 g/mol. The minimum Gasteiger partial charge on any atom is -0.601 e. The third-order valence-corrected chi connectivity index (χ3v) is 1.71. The zero-order valence-corrected chi connectivity index (χ0v) is 10.0. The zero-order valence-electron chi connectivity index (χ0n) is 9.21. The van der Waals surface area contributed by atoms with Crippen LogP contribution in [-0.4, -0.2) is 44.9 Å². The SMILES string of the molecule is C[N+](C)(C)CCCCCOC(=N)[O-].Cl. The molecule has 4 nitrogen and oxygen atoms in total. The van der Waals surface area contributed by atoms with E-state index in [0.717, 1.165) is 30.3 Å². The quantitative estimate of drug-likeness (QED) is 0.311. The van der Waals surface area contributed by atoms with Crippen LogP contribution in [0.4, 0.5) is 0 Å². The fourth-order valence-corrected chi connectivity index (χ4v) is 1.03. The van der Waals surface area contributed by atoms with E-state index in [1.54, 1.807) is 0 Å². The number of ether oxygens (including phenoxy) is 1. The summed E-state index contributed by atoms with van der Waals surface area (Å²) in [6.45, 7) is 1.52. The average Bonchev–Trinajstić information content (AvgIpc) is 1.93. The normalized spacial score (nSPS) is 10.5. The molecule has 0 aromatic heterocycles. The molecule has 0 aromatic rings. The molecule has 0 fully saturated rings. The van der Waals surface area contributed by atoms with Crippen molar-refractivity contribution in [3.8, 4) is 0 Å². The van der Waals surface area contributed by atoms with Crippen LogP contribution < -0.4 is 5.11 Å². The van der Waals surface area contributed by atoms with Crippen LogP contribution in [-0.2, 0) is 4.74 Å².